The van der Waals surface area contributed by atoms with Crippen molar-refractivity contribution >= 4 is 27.5 Å². The van der Waals surface area contributed by atoms with Crippen LogP contribution in [0.25, 0.3) is 21.0 Å². The van der Waals surface area contributed by atoms with Gasteiger partial charge in [-0.15, -0.1) is 11.3 Å². The predicted octanol–water partition coefficient (Wildman–Crippen LogP) is 3.16. The zero-order chi connectivity index (χ0) is 25.6. The molecule has 1 saturated heterocycles. The Morgan fingerprint density at radius 1 is 1.28 bits per heavy atom. The molecule has 36 heavy (non-hydrogen) atoms. The molecule has 1 aliphatic heterocycles. The van der Waals surface area contributed by atoms with Crippen LogP contribution in [0.3, 0.4) is 0 Å². The van der Waals surface area contributed by atoms with Gasteiger partial charge in [0.15, 0.2) is 0 Å². The largest absolute Gasteiger partial charge is 0.480 e. The molecule has 5 rings (SSSR count). The Kier molecular flexibility index (Phi) is 6.15. The highest BCUT2D eigenvalue weighted by Gasteiger charge is 2.36. The fourth-order valence-electron chi connectivity index (χ4n) is 4.22. The summed E-state index contributed by atoms with van der Waals surface area (Å²) in [4.78, 5) is 44.8. The van der Waals surface area contributed by atoms with E-state index in [-0.39, 0.29) is 18.0 Å². The first kappa shape index (κ1) is 24.2. The Hall–Kier alpha value is -3.54. The second kappa shape index (κ2) is 9.16. The highest BCUT2D eigenvalue weighted by Crippen LogP contribution is 2.36. The van der Waals surface area contributed by atoms with Gasteiger partial charge in [0.25, 0.3) is 5.56 Å². The number of aliphatic carboxylic acids is 1. The average molecular weight is 512 g/mol. The van der Waals surface area contributed by atoms with E-state index < -0.39 is 28.9 Å². The summed E-state index contributed by atoms with van der Waals surface area (Å²) in [6, 6.07) is 9.46. The molecule has 4 aromatic rings. The number of thiophene rings is 1. The number of carboxylic acids is 1. The summed E-state index contributed by atoms with van der Waals surface area (Å²) in [5.41, 5.74) is -1.77. The lowest BCUT2D eigenvalue weighted by molar-refractivity contribution is -0.159. The Labute approximate surface area is 209 Å². The lowest BCUT2D eigenvalue weighted by Crippen LogP contribution is -2.52. The number of carboxylic acid groups (broad SMARTS) is 1. The van der Waals surface area contributed by atoms with Gasteiger partial charge in [-0.2, -0.15) is 0 Å². The molecule has 1 atom stereocenters. The van der Waals surface area contributed by atoms with Gasteiger partial charge in [0.1, 0.15) is 28.8 Å². The van der Waals surface area contributed by atoms with E-state index in [9.17, 15) is 19.5 Å². The van der Waals surface area contributed by atoms with Crippen molar-refractivity contribution in [2.45, 2.75) is 45.1 Å². The molecule has 0 spiro atoms. The van der Waals surface area contributed by atoms with E-state index in [1.165, 1.54) is 42.2 Å². The van der Waals surface area contributed by atoms with Crippen molar-refractivity contribution in [3.63, 3.8) is 0 Å². The zero-order valence-electron chi connectivity index (χ0n) is 20.0. The molecule has 1 N–H and O–H groups in total. The molecular weight excluding hydrogens is 486 g/mol. The van der Waals surface area contributed by atoms with E-state index in [1.807, 2.05) is 30.3 Å². The van der Waals surface area contributed by atoms with E-state index in [1.54, 1.807) is 6.92 Å². The summed E-state index contributed by atoms with van der Waals surface area (Å²) in [5, 5.41) is 10.1. The van der Waals surface area contributed by atoms with Gasteiger partial charge in [-0.1, -0.05) is 30.3 Å². The number of hydrogen-bond donors (Lipinski definition) is 1. The van der Waals surface area contributed by atoms with Crippen molar-refractivity contribution in [3.05, 3.63) is 74.8 Å². The maximum Gasteiger partial charge on any atom is 0.333 e. The normalized spacial score (nSPS) is 15.2. The van der Waals surface area contributed by atoms with Gasteiger partial charge in [-0.05, 0) is 31.9 Å². The number of aromatic nitrogens is 3. The fourth-order valence-corrected chi connectivity index (χ4v) is 5.46. The molecule has 0 bridgehead atoms. The smallest absolute Gasteiger partial charge is 0.333 e. The number of benzene rings is 1. The Bertz CT molecular complexity index is 1530. The van der Waals surface area contributed by atoms with Crippen molar-refractivity contribution in [2.24, 2.45) is 0 Å². The SMILES string of the molecule is Cc1c(-c2ncco2)sc2c1c(=O)n(C(C)(C)C(=O)O)c(=O)n2C[C@@H](OC1COC1)c1ccccc1. The Balaban J connectivity index is 1.76. The standard InChI is InChI=1S/C25H25N3O7S/c1-14-18-21(29)28(25(2,3)23(30)31)24(32)27(22(18)36-19(14)20-26-9-10-34-20)11-17(35-16-12-33-13-16)15-7-5-4-6-8-15/h4-10,16-17H,11-13H2,1-3H3,(H,30,31)/t17-/m1/s1. The minimum absolute atomic E-state index is 0.0663. The molecule has 0 aliphatic carbocycles. The summed E-state index contributed by atoms with van der Waals surface area (Å²) in [6.07, 6.45) is 2.26. The van der Waals surface area contributed by atoms with Crippen molar-refractivity contribution in [1.29, 1.82) is 0 Å². The van der Waals surface area contributed by atoms with E-state index >= 15 is 0 Å². The van der Waals surface area contributed by atoms with Crippen LogP contribution in [0.2, 0.25) is 0 Å². The molecule has 1 aromatic carbocycles. The number of nitrogens with zero attached hydrogens (tertiary/aromatic N) is 3. The van der Waals surface area contributed by atoms with Crippen molar-refractivity contribution in [1.82, 2.24) is 14.1 Å². The van der Waals surface area contributed by atoms with Gasteiger partial charge in [-0.3, -0.25) is 9.36 Å². The summed E-state index contributed by atoms with van der Waals surface area (Å²) in [7, 11) is 0. The molecule has 10 nitrogen and oxygen atoms in total. The summed E-state index contributed by atoms with van der Waals surface area (Å²) < 4.78 is 19.3. The van der Waals surface area contributed by atoms with Gasteiger partial charge < -0.3 is 19.0 Å². The molecule has 1 fully saturated rings. The van der Waals surface area contributed by atoms with Gasteiger partial charge in [0, 0.05) is 0 Å². The van der Waals surface area contributed by atoms with Crippen LogP contribution >= 0.6 is 11.3 Å². The maximum absolute atomic E-state index is 13.8. The topological polar surface area (TPSA) is 126 Å². The Morgan fingerprint density at radius 3 is 2.58 bits per heavy atom. The average Bonchev–Trinajstić information content (AvgIpc) is 3.46. The highest BCUT2D eigenvalue weighted by molar-refractivity contribution is 7.22. The third-order valence-corrected chi connectivity index (χ3v) is 7.71. The molecule has 4 heterocycles. The molecule has 11 heteroatoms. The van der Waals surface area contributed by atoms with E-state index in [4.69, 9.17) is 13.9 Å². The summed E-state index contributed by atoms with van der Waals surface area (Å²) in [6.45, 7) is 5.38. The van der Waals surface area contributed by atoms with Gasteiger partial charge in [0.05, 0.1) is 36.2 Å². The van der Waals surface area contributed by atoms with E-state index in [0.29, 0.717) is 34.4 Å². The minimum Gasteiger partial charge on any atom is -0.480 e. The van der Waals surface area contributed by atoms with Crippen molar-refractivity contribution < 1.29 is 23.8 Å². The van der Waals surface area contributed by atoms with Crippen LogP contribution in [-0.2, 0) is 26.4 Å². The first-order valence-corrected chi connectivity index (χ1v) is 12.2. The van der Waals surface area contributed by atoms with Gasteiger partial charge in [-0.25, -0.2) is 19.1 Å². The van der Waals surface area contributed by atoms with Crippen molar-refractivity contribution in [2.75, 3.05) is 13.2 Å². The quantitative estimate of drug-likeness (QED) is 0.382. The first-order chi connectivity index (χ1) is 17.2. The number of rotatable bonds is 8. The molecule has 3 aromatic heterocycles. The zero-order valence-corrected chi connectivity index (χ0v) is 20.8. The highest BCUT2D eigenvalue weighted by atomic mass is 32.1. The molecule has 1 aliphatic rings. The molecular formula is C25H25N3O7S. The second-order valence-electron chi connectivity index (χ2n) is 9.17. The van der Waals surface area contributed by atoms with E-state index in [0.717, 1.165) is 10.1 Å². The molecule has 0 amide bonds. The minimum atomic E-state index is -1.79. The number of carbonyl (C=O) groups is 1. The third-order valence-electron chi connectivity index (χ3n) is 6.41. The van der Waals surface area contributed by atoms with E-state index in [2.05, 4.69) is 4.98 Å². The van der Waals surface area contributed by atoms with Crippen LogP contribution in [0.4, 0.5) is 0 Å². The van der Waals surface area contributed by atoms with Crippen LogP contribution in [0.15, 0.2) is 56.8 Å². The van der Waals surface area contributed by atoms with Gasteiger partial charge in [0.2, 0.25) is 5.89 Å². The molecule has 0 radical (unpaired) electrons. The number of oxazole rings is 1. The predicted molar refractivity (Wildman–Crippen MR) is 132 cm³/mol. The monoisotopic (exact) mass is 511 g/mol. The molecule has 0 saturated carbocycles. The van der Waals surface area contributed by atoms with Crippen LogP contribution in [0, 0.1) is 6.92 Å². The maximum atomic E-state index is 13.8. The fraction of sp³-hybridized carbons (Fsp3) is 0.360. The number of ether oxygens (including phenoxy) is 2. The van der Waals surface area contributed by atoms with Crippen LogP contribution in [-0.4, -0.2) is 44.5 Å². The number of fused-ring (bicyclic) bond motifs is 1. The number of aryl methyl sites for hydroxylation is 1. The van der Waals surface area contributed by atoms with Crippen LogP contribution in [0.1, 0.15) is 31.1 Å². The summed E-state index contributed by atoms with van der Waals surface area (Å²) >= 11 is 1.21. The van der Waals surface area contributed by atoms with Crippen LogP contribution < -0.4 is 11.2 Å². The first-order valence-electron chi connectivity index (χ1n) is 11.4. The lowest BCUT2D eigenvalue weighted by Gasteiger charge is -2.31. The van der Waals surface area contributed by atoms with Gasteiger partial charge >= 0.3 is 11.7 Å². The second-order valence-corrected chi connectivity index (χ2v) is 10.2. The molecule has 0 unspecified atom stereocenters. The third kappa shape index (κ3) is 3.98. The molecule has 188 valence electrons. The van der Waals surface area contributed by atoms with Crippen LogP contribution in [0.5, 0.6) is 0 Å². The summed E-state index contributed by atoms with van der Waals surface area (Å²) in [5.74, 6) is -0.977. The Morgan fingerprint density at radius 2 is 2.00 bits per heavy atom. The van der Waals surface area contributed by atoms with Crippen molar-refractivity contribution in [3.8, 4) is 10.8 Å². The number of hydrogen-bond acceptors (Lipinski definition) is 8. The lowest BCUT2D eigenvalue weighted by atomic mass is 10.1.